The fourth-order valence-electron chi connectivity index (χ4n) is 2.97. The number of nitrogens with one attached hydrogen (secondary N) is 1. The molecule has 1 amide bonds. The van der Waals surface area contributed by atoms with Crippen LogP contribution in [0.3, 0.4) is 0 Å². The van der Waals surface area contributed by atoms with Gasteiger partial charge >= 0.3 is 5.69 Å². The summed E-state index contributed by atoms with van der Waals surface area (Å²) in [4.78, 5) is 42.7. The number of carbonyl (C=O) groups excluding carboxylic acids is 1. The molecule has 2 heterocycles. The molecule has 3 aromatic rings. The zero-order chi connectivity index (χ0) is 21.5. The highest BCUT2D eigenvalue weighted by Crippen LogP contribution is 2.07. The van der Waals surface area contributed by atoms with Crippen molar-refractivity contribution in [2.45, 2.75) is 32.9 Å². The van der Waals surface area contributed by atoms with Crippen molar-refractivity contribution in [2.24, 2.45) is 0 Å². The molecular weight excluding hydrogens is 382 g/mol. The molecule has 3 rings (SSSR count). The topological polar surface area (TPSA) is 110 Å². The summed E-state index contributed by atoms with van der Waals surface area (Å²) in [5.41, 5.74) is -0.0179. The van der Waals surface area contributed by atoms with E-state index in [2.05, 4.69) is 10.3 Å². The van der Waals surface area contributed by atoms with Gasteiger partial charge in [0.15, 0.2) is 0 Å². The molecule has 8 nitrogen and oxygen atoms in total. The van der Waals surface area contributed by atoms with E-state index in [4.69, 9.17) is 5.26 Å². The zero-order valence-electron chi connectivity index (χ0n) is 16.5. The smallest absolute Gasteiger partial charge is 0.335 e. The van der Waals surface area contributed by atoms with Gasteiger partial charge in [0.2, 0.25) is 0 Å². The fraction of sp³-hybridized carbons (Fsp3) is 0.227. The van der Waals surface area contributed by atoms with Crippen molar-refractivity contribution in [3.63, 3.8) is 0 Å². The number of pyridine rings is 1. The van der Waals surface area contributed by atoms with Crippen molar-refractivity contribution in [1.29, 1.82) is 5.26 Å². The fourth-order valence-corrected chi connectivity index (χ4v) is 2.97. The second-order valence-corrected chi connectivity index (χ2v) is 6.71. The first kappa shape index (κ1) is 20.7. The van der Waals surface area contributed by atoms with Crippen molar-refractivity contribution in [2.75, 3.05) is 0 Å². The first-order valence-electron chi connectivity index (χ1n) is 9.59. The molecule has 2 aromatic heterocycles. The van der Waals surface area contributed by atoms with Gasteiger partial charge < -0.3 is 5.32 Å². The number of nitriles is 1. The SMILES string of the molecule is CCCCn1cc(C(=O)NCc2ccncc2)c(=O)n(-c2cccc(C#N)c2)c1=O. The van der Waals surface area contributed by atoms with E-state index in [9.17, 15) is 14.4 Å². The normalized spacial score (nSPS) is 10.4. The number of hydrogen-bond acceptors (Lipinski definition) is 5. The van der Waals surface area contributed by atoms with Crippen LogP contribution in [0.1, 0.15) is 41.3 Å². The molecule has 1 N–H and O–H groups in total. The van der Waals surface area contributed by atoms with Gasteiger partial charge in [-0.3, -0.25) is 19.1 Å². The minimum Gasteiger partial charge on any atom is -0.348 e. The molecule has 0 aliphatic rings. The number of hydrogen-bond donors (Lipinski definition) is 1. The van der Waals surface area contributed by atoms with Crippen LogP contribution in [0, 0.1) is 11.3 Å². The molecule has 0 bridgehead atoms. The van der Waals surface area contributed by atoms with Gasteiger partial charge in [0, 0.05) is 31.7 Å². The molecule has 8 heteroatoms. The second kappa shape index (κ2) is 9.47. The molecule has 0 saturated heterocycles. The third-order valence-electron chi connectivity index (χ3n) is 4.59. The van der Waals surface area contributed by atoms with Gasteiger partial charge in [0.1, 0.15) is 5.56 Å². The van der Waals surface area contributed by atoms with Gasteiger partial charge in [-0.15, -0.1) is 0 Å². The highest BCUT2D eigenvalue weighted by molar-refractivity contribution is 5.93. The second-order valence-electron chi connectivity index (χ2n) is 6.71. The van der Waals surface area contributed by atoms with Crippen molar-refractivity contribution in [3.05, 3.63) is 92.5 Å². The average Bonchev–Trinajstić information content (AvgIpc) is 2.78. The summed E-state index contributed by atoms with van der Waals surface area (Å²) in [6.45, 7) is 2.58. The summed E-state index contributed by atoms with van der Waals surface area (Å²) >= 11 is 0. The van der Waals surface area contributed by atoms with Crippen molar-refractivity contribution < 1.29 is 4.79 Å². The molecule has 0 spiro atoms. The molecule has 0 fully saturated rings. The number of nitrogens with zero attached hydrogens (tertiary/aromatic N) is 4. The highest BCUT2D eigenvalue weighted by Gasteiger charge is 2.18. The minimum absolute atomic E-state index is 0.137. The molecule has 0 aliphatic carbocycles. The molecule has 0 unspecified atom stereocenters. The summed E-state index contributed by atoms with van der Waals surface area (Å²) in [5.74, 6) is -0.577. The number of amides is 1. The number of unbranched alkanes of at least 4 members (excludes halogenated alkanes) is 1. The van der Waals surface area contributed by atoms with E-state index in [1.54, 1.807) is 42.7 Å². The van der Waals surface area contributed by atoms with Gasteiger partial charge in [-0.05, 0) is 42.3 Å². The van der Waals surface area contributed by atoms with Crippen LogP contribution >= 0.6 is 0 Å². The number of benzene rings is 1. The van der Waals surface area contributed by atoms with Crippen molar-refractivity contribution in [1.82, 2.24) is 19.4 Å². The molecule has 30 heavy (non-hydrogen) atoms. The molecule has 0 saturated carbocycles. The van der Waals surface area contributed by atoms with Crippen LogP contribution in [-0.4, -0.2) is 20.0 Å². The lowest BCUT2D eigenvalue weighted by Crippen LogP contribution is -2.43. The van der Waals surface area contributed by atoms with E-state index in [-0.39, 0.29) is 17.8 Å². The van der Waals surface area contributed by atoms with Crippen LogP contribution in [0.2, 0.25) is 0 Å². The Morgan fingerprint density at radius 2 is 1.97 bits per heavy atom. The van der Waals surface area contributed by atoms with E-state index in [1.807, 2.05) is 13.0 Å². The van der Waals surface area contributed by atoms with Crippen LogP contribution in [0.4, 0.5) is 0 Å². The first-order chi connectivity index (χ1) is 14.5. The average molecular weight is 403 g/mol. The predicted octanol–water partition coefficient (Wildman–Crippen LogP) is 2.00. The van der Waals surface area contributed by atoms with Crippen LogP contribution < -0.4 is 16.6 Å². The maximum absolute atomic E-state index is 13.1. The Balaban J connectivity index is 2.06. The van der Waals surface area contributed by atoms with Crippen molar-refractivity contribution >= 4 is 5.91 Å². The van der Waals surface area contributed by atoms with E-state index in [0.717, 1.165) is 16.6 Å². The maximum atomic E-state index is 13.1. The standard InChI is InChI=1S/C22H21N5O3/c1-2-3-11-26-15-19(20(28)25-14-16-7-9-24-10-8-16)21(29)27(22(26)30)18-6-4-5-17(12-18)13-23/h4-10,12,15H,2-3,11,14H2,1H3,(H,25,28). The largest absolute Gasteiger partial charge is 0.348 e. The van der Waals surface area contributed by atoms with Crippen LogP contribution in [0.15, 0.2) is 64.6 Å². The molecule has 152 valence electrons. The highest BCUT2D eigenvalue weighted by atomic mass is 16.2. The Labute approximate surface area is 173 Å². The summed E-state index contributed by atoms with van der Waals surface area (Å²) < 4.78 is 2.31. The monoisotopic (exact) mass is 403 g/mol. The van der Waals surface area contributed by atoms with E-state index in [0.29, 0.717) is 18.5 Å². The summed E-state index contributed by atoms with van der Waals surface area (Å²) in [6, 6.07) is 11.7. The lowest BCUT2D eigenvalue weighted by Gasteiger charge is -2.13. The van der Waals surface area contributed by atoms with Crippen molar-refractivity contribution in [3.8, 4) is 11.8 Å². The van der Waals surface area contributed by atoms with Crippen LogP contribution in [-0.2, 0) is 13.1 Å². The lowest BCUT2D eigenvalue weighted by molar-refractivity contribution is 0.0948. The summed E-state index contributed by atoms with van der Waals surface area (Å²) in [7, 11) is 0. The van der Waals surface area contributed by atoms with E-state index < -0.39 is 17.2 Å². The number of carbonyl (C=O) groups is 1. The summed E-state index contributed by atoms with van der Waals surface area (Å²) in [5, 5.41) is 11.9. The maximum Gasteiger partial charge on any atom is 0.335 e. The Kier molecular flexibility index (Phi) is 6.55. The minimum atomic E-state index is -0.727. The molecule has 1 aromatic carbocycles. The Bertz CT molecular complexity index is 1210. The zero-order valence-corrected chi connectivity index (χ0v) is 16.5. The third kappa shape index (κ3) is 4.52. The van der Waals surface area contributed by atoms with Crippen LogP contribution in [0.25, 0.3) is 5.69 Å². The molecule has 0 atom stereocenters. The van der Waals surface area contributed by atoms with Gasteiger partial charge in [0.25, 0.3) is 11.5 Å². The molecular formula is C22H21N5O3. The van der Waals surface area contributed by atoms with Gasteiger partial charge in [0.05, 0.1) is 17.3 Å². The number of aromatic nitrogens is 3. The predicted molar refractivity (Wildman–Crippen MR) is 111 cm³/mol. The Morgan fingerprint density at radius 1 is 1.20 bits per heavy atom. The van der Waals surface area contributed by atoms with E-state index in [1.165, 1.54) is 16.8 Å². The first-order valence-corrected chi connectivity index (χ1v) is 9.59. The Hall–Kier alpha value is -3.99. The van der Waals surface area contributed by atoms with Gasteiger partial charge in [-0.1, -0.05) is 19.4 Å². The molecule has 0 aliphatic heterocycles. The lowest BCUT2D eigenvalue weighted by atomic mass is 10.2. The number of rotatable bonds is 7. The number of aryl methyl sites for hydroxylation is 1. The molecule has 0 radical (unpaired) electrons. The van der Waals surface area contributed by atoms with E-state index >= 15 is 0 Å². The quantitative estimate of drug-likeness (QED) is 0.649. The van der Waals surface area contributed by atoms with Gasteiger partial charge in [-0.25, -0.2) is 9.36 Å². The van der Waals surface area contributed by atoms with Crippen LogP contribution in [0.5, 0.6) is 0 Å². The summed E-state index contributed by atoms with van der Waals surface area (Å²) in [6.07, 6.45) is 6.10. The Morgan fingerprint density at radius 3 is 2.67 bits per heavy atom. The third-order valence-corrected chi connectivity index (χ3v) is 4.59. The van der Waals surface area contributed by atoms with Gasteiger partial charge in [-0.2, -0.15) is 5.26 Å².